The lowest BCUT2D eigenvalue weighted by Gasteiger charge is -2.49. The maximum atomic E-state index is 9.73. The van der Waals surface area contributed by atoms with Gasteiger partial charge < -0.3 is 10.4 Å². The summed E-state index contributed by atoms with van der Waals surface area (Å²) in [5, 5.41) is 20.7. The second-order valence-electron chi connectivity index (χ2n) is 5.24. The number of rotatable bonds is 2. The Kier molecular flexibility index (Phi) is 2.46. The zero-order valence-electron chi connectivity index (χ0n) is 10.1. The number of hydrogen-bond acceptors (Lipinski definition) is 5. The van der Waals surface area contributed by atoms with E-state index < -0.39 is 0 Å². The molecule has 0 aliphatic heterocycles. The predicted molar refractivity (Wildman–Crippen MR) is 68.5 cm³/mol. The third-order valence-corrected chi connectivity index (χ3v) is 3.98. The summed E-state index contributed by atoms with van der Waals surface area (Å²) in [6.07, 6.45) is 2.08. The normalized spacial score (nSPS) is 26.0. The third kappa shape index (κ3) is 1.64. The van der Waals surface area contributed by atoms with Gasteiger partial charge in [-0.15, -0.1) is 0 Å². The fraction of sp³-hybridized carbons (Fsp3) is 0.545. The molecular formula is C11H14ClN5O. The summed E-state index contributed by atoms with van der Waals surface area (Å²) in [6.45, 7) is 4.04. The molecule has 96 valence electrons. The lowest BCUT2D eigenvalue weighted by atomic mass is 9.64. The molecule has 2 aromatic heterocycles. The molecule has 0 aromatic carbocycles. The summed E-state index contributed by atoms with van der Waals surface area (Å²) in [5.74, 6) is 0.656. The van der Waals surface area contributed by atoms with Gasteiger partial charge in [0.1, 0.15) is 5.82 Å². The first kappa shape index (κ1) is 11.7. The minimum atomic E-state index is -0.285. The number of anilines is 1. The molecule has 0 radical (unpaired) electrons. The lowest BCUT2D eigenvalue weighted by molar-refractivity contribution is -0.0511. The van der Waals surface area contributed by atoms with Gasteiger partial charge in [0.05, 0.1) is 17.7 Å². The largest absolute Gasteiger partial charge is 0.392 e. The van der Waals surface area contributed by atoms with Crippen molar-refractivity contribution in [1.82, 2.24) is 20.2 Å². The van der Waals surface area contributed by atoms with Gasteiger partial charge in [-0.05, 0) is 18.0 Å². The summed E-state index contributed by atoms with van der Waals surface area (Å²) in [4.78, 5) is 8.23. The summed E-state index contributed by atoms with van der Waals surface area (Å²) < 4.78 is 0. The molecule has 2 unspecified atom stereocenters. The molecule has 0 bridgehead atoms. The van der Waals surface area contributed by atoms with E-state index in [4.69, 9.17) is 11.6 Å². The Labute approximate surface area is 109 Å². The van der Waals surface area contributed by atoms with Crippen molar-refractivity contribution in [2.24, 2.45) is 5.41 Å². The van der Waals surface area contributed by atoms with Crippen LogP contribution in [0.3, 0.4) is 0 Å². The van der Waals surface area contributed by atoms with E-state index in [1.807, 2.05) is 13.8 Å². The van der Waals surface area contributed by atoms with Crippen molar-refractivity contribution in [3.8, 4) is 0 Å². The van der Waals surface area contributed by atoms with Crippen LogP contribution in [-0.4, -0.2) is 37.4 Å². The van der Waals surface area contributed by atoms with Crippen LogP contribution in [0.2, 0.25) is 5.28 Å². The molecule has 3 N–H and O–H groups in total. The van der Waals surface area contributed by atoms with E-state index in [0.29, 0.717) is 17.9 Å². The zero-order valence-corrected chi connectivity index (χ0v) is 10.9. The minimum absolute atomic E-state index is 0.163. The SMILES string of the molecule is CC1(C)C(O)CC1Nc1nc(Cl)nc2[nH]ncc12. The van der Waals surface area contributed by atoms with Crippen molar-refractivity contribution in [3.05, 3.63) is 11.5 Å². The topological polar surface area (TPSA) is 86.7 Å². The Morgan fingerprint density at radius 3 is 2.94 bits per heavy atom. The van der Waals surface area contributed by atoms with Gasteiger partial charge in [-0.25, -0.2) is 0 Å². The standard InChI is InChI=1S/C11H14ClN5O/c1-11(2)6(3-7(11)18)14-8-5-4-13-17-9(5)16-10(12)15-8/h4,6-7,18H,3H2,1-2H3,(H2,13,14,15,16,17). The van der Waals surface area contributed by atoms with Crippen molar-refractivity contribution < 1.29 is 5.11 Å². The van der Waals surface area contributed by atoms with Crippen LogP contribution < -0.4 is 5.32 Å². The van der Waals surface area contributed by atoms with E-state index in [-0.39, 0.29) is 22.8 Å². The molecule has 0 amide bonds. The first-order valence-electron chi connectivity index (χ1n) is 5.79. The predicted octanol–water partition coefficient (Wildman–Crippen LogP) is 1.58. The number of aliphatic hydroxyl groups is 1. The molecule has 2 aromatic rings. The fourth-order valence-electron chi connectivity index (χ4n) is 2.23. The maximum absolute atomic E-state index is 9.73. The Morgan fingerprint density at radius 2 is 2.28 bits per heavy atom. The lowest BCUT2D eigenvalue weighted by Crippen LogP contribution is -2.57. The van der Waals surface area contributed by atoms with E-state index in [1.54, 1.807) is 6.20 Å². The average molecular weight is 268 g/mol. The van der Waals surface area contributed by atoms with E-state index in [0.717, 1.165) is 5.39 Å². The highest BCUT2D eigenvalue weighted by molar-refractivity contribution is 6.28. The number of hydrogen-bond donors (Lipinski definition) is 3. The van der Waals surface area contributed by atoms with Crippen LogP contribution in [-0.2, 0) is 0 Å². The van der Waals surface area contributed by atoms with Crippen LogP contribution in [0.5, 0.6) is 0 Å². The van der Waals surface area contributed by atoms with Crippen LogP contribution in [0.1, 0.15) is 20.3 Å². The molecule has 1 aliphatic carbocycles. The van der Waals surface area contributed by atoms with Crippen LogP contribution in [0, 0.1) is 5.41 Å². The van der Waals surface area contributed by atoms with E-state index in [1.165, 1.54) is 0 Å². The van der Waals surface area contributed by atoms with Crippen LogP contribution in [0.15, 0.2) is 6.20 Å². The molecule has 0 saturated heterocycles. The van der Waals surface area contributed by atoms with Gasteiger partial charge >= 0.3 is 0 Å². The summed E-state index contributed by atoms with van der Waals surface area (Å²) >= 11 is 5.87. The Bertz CT molecular complexity index is 596. The van der Waals surface area contributed by atoms with Crippen LogP contribution in [0.4, 0.5) is 5.82 Å². The number of aromatic nitrogens is 4. The van der Waals surface area contributed by atoms with Crippen molar-refractivity contribution >= 4 is 28.5 Å². The molecule has 18 heavy (non-hydrogen) atoms. The van der Waals surface area contributed by atoms with E-state index in [9.17, 15) is 5.11 Å². The first-order valence-corrected chi connectivity index (χ1v) is 6.17. The second kappa shape index (κ2) is 3.80. The number of nitrogens with one attached hydrogen (secondary N) is 2. The number of halogens is 1. The van der Waals surface area contributed by atoms with Gasteiger partial charge in [0.2, 0.25) is 5.28 Å². The average Bonchev–Trinajstić information content (AvgIpc) is 2.76. The van der Waals surface area contributed by atoms with E-state index >= 15 is 0 Å². The van der Waals surface area contributed by atoms with Gasteiger partial charge in [0.25, 0.3) is 0 Å². The quantitative estimate of drug-likeness (QED) is 0.719. The highest BCUT2D eigenvalue weighted by Crippen LogP contribution is 2.42. The van der Waals surface area contributed by atoms with Gasteiger partial charge in [0, 0.05) is 11.5 Å². The number of fused-ring (bicyclic) bond motifs is 1. The highest BCUT2D eigenvalue weighted by atomic mass is 35.5. The molecular weight excluding hydrogens is 254 g/mol. The number of nitrogens with zero attached hydrogens (tertiary/aromatic N) is 3. The van der Waals surface area contributed by atoms with Gasteiger partial charge in [-0.2, -0.15) is 15.1 Å². The summed E-state index contributed by atoms with van der Waals surface area (Å²) in [7, 11) is 0. The molecule has 2 heterocycles. The first-order chi connectivity index (χ1) is 8.48. The number of aromatic amines is 1. The smallest absolute Gasteiger partial charge is 0.226 e. The molecule has 0 spiro atoms. The Hall–Kier alpha value is -1.40. The maximum Gasteiger partial charge on any atom is 0.226 e. The summed E-state index contributed by atoms with van der Waals surface area (Å²) in [6, 6.07) is 0.163. The van der Waals surface area contributed by atoms with Crippen molar-refractivity contribution in [2.75, 3.05) is 5.32 Å². The third-order valence-electron chi connectivity index (χ3n) is 3.81. The van der Waals surface area contributed by atoms with Crippen molar-refractivity contribution in [2.45, 2.75) is 32.4 Å². The van der Waals surface area contributed by atoms with Gasteiger partial charge in [-0.3, -0.25) is 5.10 Å². The Balaban J connectivity index is 1.93. The minimum Gasteiger partial charge on any atom is -0.392 e. The van der Waals surface area contributed by atoms with Crippen molar-refractivity contribution in [3.63, 3.8) is 0 Å². The molecule has 6 nitrogen and oxygen atoms in total. The van der Waals surface area contributed by atoms with Gasteiger partial charge in [-0.1, -0.05) is 13.8 Å². The molecule has 3 rings (SSSR count). The second-order valence-corrected chi connectivity index (χ2v) is 5.58. The van der Waals surface area contributed by atoms with Crippen LogP contribution in [0.25, 0.3) is 11.0 Å². The molecule has 1 fully saturated rings. The monoisotopic (exact) mass is 267 g/mol. The zero-order chi connectivity index (χ0) is 12.9. The molecule has 2 atom stereocenters. The molecule has 1 saturated carbocycles. The number of aliphatic hydroxyl groups excluding tert-OH is 1. The highest BCUT2D eigenvalue weighted by Gasteiger charge is 2.47. The molecule has 1 aliphatic rings. The molecule has 7 heteroatoms. The fourth-order valence-corrected chi connectivity index (χ4v) is 2.40. The Morgan fingerprint density at radius 1 is 1.50 bits per heavy atom. The number of H-pyrrole nitrogens is 1. The van der Waals surface area contributed by atoms with Crippen LogP contribution >= 0.6 is 11.6 Å². The summed E-state index contributed by atoms with van der Waals surface area (Å²) in [5.41, 5.74) is 0.434. The van der Waals surface area contributed by atoms with Gasteiger partial charge in [0.15, 0.2) is 5.65 Å². The van der Waals surface area contributed by atoms with Crippen molar-refractivity contribution in [1.29, 1.82) is 0 Å². The van der Waals surface area contributed by atoms with E-state index in [2.05, 4.69) is 25.5 Å².